The molecule has 0 amide bonds. The Kier molecular flexibility index (Phi) is 3.99. The van der Waals surface area contributed by atoms with Gasteiger partial charge in [-0.15, -0.1) is 0 Å². The van der Waals surface area contributed by atoms with Crippen molar-refractivity contribution >= 4 is 33.1 Å². The summed E-state index contributed by atoms with van der Waals surface area (Å²) in [5, 5.41) is 0.804. The molecule has 0 fully saturated rings. The van der Waals surface area contributed by atoms with E-state index >= 15 is 0 Å². The lowest BCUT2D eigenvalue weighted by Crippen LogP contribution is -2.32. The fourth-order valence-electron chi connectivity index (χ4n) is 2.26. The number of halogens is 2. The molecule has 0 bridgehead atoms. The molecule has 1 aromatic carbocycles. The Bertz CT molecular complexity index is 549. The first-order chi connectivity index (χ1) is 8.74. The molecule has 0 aliphatic heterocycles. The van der Waals surface area contributed by atoms with Crippen LogP contribution in [0.15, 0.2) is 40.9 Å². The summed E-state index contributed by atoms with van der Waals surface area (Å²) >= 11 is 10.1. The van der Waals surface area contributed by atoms with Gasteiger partial charge in [0.15, 0.2) is 0 Å². The van der Waals surface area contributed by atoms with Crippen LogP contribution in [-0.2, 0) is 0 Å². The summed E-state index contributed by atoms with van der Waals surface area (Å²) in [6, 6.07) is 8.00. The SMILES string of the molecule is CC(C)(C)C1(C)C=CC(c2ccccc2Cl)=C(Br)C1. The van der Waals surface area contributed by atoms with Crippen LogP contribution in [0.3, 0.4) is 0 Å². The summed E-state index contributed by atoms with van der Waals surface area (Å²) in [4.78, 5) is 0. The summed E-state index contributed by atoms with van der Waals surface area (Å²) in [6.07, 6.45) is 5.55. The zero-order valence-electron chi connectivity index (χ0n) is 11.9. The smallest absolute Gasteiger partial charge is 0.0484 e. The molecule has 2 rings (SSSR count). The van der Waals surface area contributed by atoms with E-state index in [4.69, 9.17) is 11.6 Å². The Morgan fingerprint density at radius 1 is 1.21 bits per heavy atom. The normalized spacial score (nSPS) is 23.9. The summed E-state index contributed by atoms with van der Waals surface area (Å²) in [5.41, 5.74) is 2.70. The van der Waals surface area contributed by atoms with Gasteiger partial charge in [-0.1, -0.05) is 85.6 Å². The molecule has 0 N–H and O–H groups in total. The molecule has 0 heterocycles. The molecule has 1 aliphatic carbocycles. The topological polar surface area (TPSA) is 0 Å². The predicted octanol–water partition coefficient (Wildman–Crippen LogP) is 6.46. The average Bonchev–Trinajstić information content (AvgIpc) is 2.29. The zero-order chi connectivity index (χ0) is 14.3. The number of allylic oxidation sites excluding steroid dienone is 4. The van der Waals surface area contributed by atoms with E-state index in [2.05, 4.69) is 61.8 Å². The lowest BCUT2D eigenvalue weighted by atomic mass is 9.64. The van der Waals surface area contributed by atoms with Gasteiger partial charge >= 0.3 is 0 Å². The Morgan fingerprint density at radius 2 is 1.84 bits per heavy atom. The van der Waals surface area contributed by atoms with Crippen LogP contribution in [-0.4, -0.2) is 0 Å². The second-order valence-electron chi connectivity index (χ2n) is 6.48. The molecule has 0 radical (unpaired) electrons. The van der Waals surface area contributed by atoms with Crippen LogP contribution in [0, 0.1) is 10.8 Å². The van der Waals surface area contributed by atoms with Crippen molar-refractivity contribution in [2.75, 3.05) is 0 Å². The molecule has 1 unspecified atom stereocenters. The summed E-state index contributed by atoms with van der Waals surface area (Å²) < 4.78 is 1.24. The molecular weight excluding hydrogens is 320 g/mol. The molecule has 0 saturated heterocycles. The Labute approximate surface area is 129 Å². The summed E-state index contributed by atoms with van der Waals surface area (Å²) in [7, 11) is 0. The molecule has 1 atom stereocenters. The molecule has 0 nitrogen and oxygen atoms in total. The van der Waals surface area contributed by atoms with Crippen molar-refractivity contribution < 1.29 is 0 Å². The first kappa shape index (κ1) is 14.9. The quantitative estimate of drug-likeness (QED) is 0.551. The predicted molar refractivity (Wildman–Crippen MR) is 88.6 cm³/mol. The van der Waals surface area contributed by atoms with E-state index in [-0.39, 0.29) is 10.8 Å². The van der Waals surface area contributed by atoms with Crippen LogP contribution >= 0.6 is 27.5 Å². The van der Waals surface area contributed by atoms with Crippen LogP contribution in [0.4, 0.5) is 0 Å². The van der Waals surface area contributed by atoms with Gasteiger partial charge in [0, 0.05) is 15.1 Å². The lowest BCUT2D eigenvalue weighted by Gasteiger charge is -2.42. The molecule has 0 spiro atoms. The van der Waals surface area contributed by atoms with Crippen LogP contribution < -0.4 is 0 Å². The molecule has 0 saturated carbocycles. The molecule has 102 valence electrons. The second-order valence-corrected chi connectivity index (χ2v) is 7.84. The van der Waals surface area contributed by atoms with Crippen molar-refractivity contribution in [2.24, 2.45) is 10.8 Å². The van der Waals surface area contributed by atoms with E-state index in [0.29, 0.717) is 0 Å². The van der Waals surface area contributed by atoms with Gasteiger partial charge in [-0.25, -0.2) is 0 Å². The average molecular weight is 340 g/mol. The van der Waals surface area contributed by atoms with Gasteiger partial charge in [0.05, 0.1) is 0 Å². The zero-order valence-corrected chi connectivity index (χ0v) is 14.3. The maximum atomic E-state index is 6.29. The monoisotopic (exact) mass is 338 g/mol. The van der Waals surface area contributed by atoms with Crippen molar-refractivity contribution in [1.29, 1.82) is 0 Å². The Hall–Kier alpha value is -0.530. The van der Waals surface area contributed by atoms with Crippen LogP contribution in [0.25, 0.3) is 5.57 Å². The molecule has 1 aliphatic rings. The van der Waals surface area contributed by atoms with Gasteiger partial charge in [0.1, 0.15) is 0 Å². The first-order valence-corrected chi connectivity index (χ1v) is 7.74. The molecule has 0 aromatic heterocycles. The highest BCUT2D eigenvalue weighted by Gasteiger charge is 2.37. The third-order valence-electron chi connectivity index (χ3n) is 4.31. The molecule has 2 heteroatoms. The van der Waals surface area contributed by atoms with E-state index in [1.54, 1.807) is 0 Å². The maximum Gasteiger partial charge on any atom is 0.0484 e. The third-order valence-corrected chi connectivity index (χ3v) is 5.35. The van der Waals surface area contributed by atoms with E-state index in [9.17, 15) is 0 Å². The van der Waals surface area contributed by atoms with Gasteiger partial charge in [-0.3, -0.25) is 0 Å². The third kappa shape index (κ3) is 2.83. The lowest BCUT2D eigenvalue weighted by molar-refractivity contribution is 0.170. The van der Waals surface area contributed by atoms with Crippen LogP contribution in [0.2, 0.25) is 5.02 Å². The number of hydrogen-bond acceptors (Lipinski definition) is 0. The summed E-state index contributed by atoms with van der Waals surface area (Å²) in [5.74, 6) is 0. The van der Waals surface area contributed by atoms with E-state index < -0.39 is 0 Å². The largest absolute Gasteiger partial charge is 0.0837 e. The second kappa shape index (κ2) is 5.10. The number of rotatable bonds is 1. The highest BCUT2D eigenvalue weighted by atomic mass is 79.9. The minimum absolute atomic E-state index is 0.163. The maximum absolute atomic E-state index is 6.29. The number of benzene rings is 1. The fourth-order valence-corrected chi connectivity index (χ4v) is 3.43. The van der Waals surface area contributed by atoms with Crippen LogP contribution in [0.5, 0.6) is 0 Å². The van der Waals surface area contributed by atoms with Crippen molar-refractivity contribution in [2.45, 2.75) is 34.1 Å². The minimum atomic E-state index is 0.163. The van der Waals surface area contributed by atoms with Gasteiger partial charge in [0.25, 0.3) is 0 Å². The standard InChI is InChI=1S/C17H20BrCl/c1-16(2,3)17(4)10-9-12(14(18)11-17)13-7-5-6-8-15(13)19/h5-10H,11H2,1-4H3. The van der Waals surface area contributed by atoms with Crippen molar-refractivity contribution in [3.05, 3.63) is 51.5 Å². The first-order valence-electron chi connectivity index (χ1n) is 6.57. The molecule has 1 aromatic rings. The van der Waals surface area contributed by atoms with Crippen LogP contribution in [0.1, 0.15) is 39.7 Å². The Balaban J connectivity index is 2.41. The van der Waals surface area contributed by atoms with Gasteiger partial charge < -0.3 is 0 Å². The van der Waals surface area contributed by atoms with E-state index in [1.807, 2.05) is 18.2 Å². The van der Waals surface area contributed by atoms with Crippen molar-refractivity contribution in [1.82, 2.24) is 0 Å². The fraction of sp³-hybridized carbons (Fsp3) is 0.412. The number of hydrogen-bond donors (Lipinski definition) is 0. The Morgan fingerprint density at radius 3 is 2.37 bits per heavy atom. The van der Waals surface area contributed by atoms with E-state index in [1.165, 1.54) is 10.1 Å². The van der Waals surface area contributed by atoms with Crippen molar-refractivity contribution in [3.63, 3.8) is 0 Å². The molecule has 19 heavy (non-hydrogen) atoms. The molecular formula is C17H20BrCl. The highest BCUT2D eigenvalue weighted by Crippen LogP contribution is 2.50. The van der Waals surface area contributed by atoms with E-state index in [0.717, 1.165) is 17.0 Å². The summed E-state index contributed by atoms with van der Waals surface area (Å²) in [6.45, 7) is 9.18. The minimum Gasteiger partial charge on any atom is -0.0837 e. The van der Waals surface area contributed by atoms with Gasteiger partial charge in [-0.05, 0) is 28.9 Å². The van der Waals surface area contributed by atoms with Gasteiger partial charge in [0.2, 0.25) is 0 Å². The highest BCUT2D eigenvalue weighted by molar-refractivity contribution is 9.11. The van der Waals surface area contributed by atoms with Gasteiger partial charge in [-0.2, -0.15) is 0 Å². The van der Waals surface area contributed by atoms with Crippen molar-refractivity contribution in [3.8, 4) is 0 Å².